The topological polar surface area (TPSA) is 50.1 Å². The predicted molar refractivity (Wildman–Crippen MR) is 70.3 cm³/mol. The molecule has 0 fully saturated rings. The fraction of sp³-hybridized carbons (Fsp3) is 0.467. The molecule has 96 valence electrons. The van der Waals surface area contributed by atoms with Crippen molar-refractivity contribution in [3.63, 3.8) is 0 Å². The van der Waals surface area contributed by atoms with Crippen molar-refractivity contribution in [3.05, 3.63) is 34.4 Å². The summed E-state index contributed by atoms with van der Waals surface area (Å²) in [5, 5.41) is 9.29. The van der Waals surface area contributed by atoms with Gasteiger partial charge in [-0.05, 0) is 36.5 Å². The molecule has 0 unspecified atom stereocenters. The van der Waals surface area contributed by atoms with Crippen LogP contribution in [-0.2, 0) is 28.8 Å². The summed E-state index contributed by atoms with van der Waals surface area (Å²) >= 11 is 0. The van der Waals surface area contributed by atoms with Crippen LogP contribution in [0.1, 0.15) is 43.0 Å². The SMILES string of the molecule is CCOC(=O)Cc1ccc(CC)c(CC)c1C#N. The van der Waals surface area contributed by atoms with Crippen molar-refractivity contribution >= 4 is 5.97 Å². The molecule has 0 aliphatic rings. The first-order valence-electron chi connectivity index (χ1n) is 6.37. The van der Waals surface area contributed by atoms with E-state index < -0.39 is 0 Å². The predicted octanol–water partition coefficient (Wildman–Crippen LogP) is 2.79. The van der Waals surface area contributed by atoms with Crippen LogP contribution in [0.5, 0.6) is 0 Å². The highest BCUT2D eigenvalue weighted by molar-refractivity contribution is 5.74. The van der Waals surface area contributed by atoms with Gasteiger partial charge in [0.1, 0.15) is 0 Å². The van der Waals surface area contributed by atoms with Gasteiger partial charge in [0.05, 0.1) is 24.7 Å². The minimum absolute atomic E-state index is 0.174. The van der Waals surface area contributed by atoms with Crippen LogP contribution in [0.25, 0.3) is 0 Å². The molecule has 1 rings (SSSR count). The fourth-order valence-corrected chi connectivity index (χ4v) is 2.13. The van der Waals surface area contributed by atoms with Gasteiger partial charge in [-0.25, -0.2) is 0 Å². The number of hydrogen-bond donors (Lipinski definition) is 0. The van der Waals surface area contributed by atoms with Crippen molar-refractivity contribution in [2.24, 2.45) is 0 Å². The lowest BCUT2D eigenvalue weighted by atomic mass is 9.92. The molecular weight excluding hydrogens is 226 g/mol. The summed E-state index contributed by atoms with van der Waals surface area (Å²) in [4.78, 5) is 11.5. The molecule has 3 heteroatoms. The Bertz CT molecular complexity index is 472. The average molecular weight is 245 g/mol. The molecular formula is C15H19NO2. The first kappa shape index (κ1) is 14.2. The van der Waals surface area contributed by atoms with E-state index >= 15 is 0 Å². The normalized spacial score (nSPS) is 9.89. The Hall–Kier alpha value is -1.82. The number of carbonyl (C=O) groups excluding carboxylic acids is 1. The summed E-state index contributed by atoms with van der Waals surface area (Å²) in [5.74, 6) is -0.277. The molecule has 3 nitrogen and oxygen atoms in total. The molecule has 1 aromatic rings. The van der Waals surface area contributed by atoms with Gasteiger partial charge in [-0.3, -0.25) is 4.79 Å². The van der Waals surface area contributed by atoms with E-state index in [4.69, 9.17) is 4.74 Å². The monoisotopic (exact) mass is 245 g/mol. The zero-order chi connectivity index (χ0) is 13.5. The van der Waals surface area contributed by atoms with Crippen LogP contribution in [-0.4, -0.2) is 12.6 Å². The van der Waals surface area contributed by atoms with Gasteiger partial charge in [0.15, 0.2) is 0 Å². The molecule has 0 spiro atoms. The van der Waals surface area contributed by atoms with Gasteiger partial charge < -0.3 is 4.74 Å². The third kappa shape index (κ3) is 3.10. The second-order valence-electron chi connectivity index (χ2n) is 4.04. The number of ether oxygens (including phenoxy) is 1. The van der Waals surface area contributed by atoms with Crippen molar-refractivity contribution in [2.75, 3.05) is 6.61 Å². The number of rotatable bonds is 5. The number of benzene rings is 1. The lowest BCUT2D eigenvalue weighted by Crippen LogP contribution is -2.10. The van der Waals surface area contributed by atoms with E-state index in [-0.39, 0.29) is 12.4 Å². The molecule has 0 saturated carbocycles. The summed E-state index contributed by atoms with van der Waals surface area (Å²) in [6.07, 6.45) is 1.88. The number of nitrogens with zero attached hydrogens (tertiary/aromatic N) is 1. The largest absolute Gasteiger partial charge is 0.466 e. The molecule has 0 amide bonds. The average Bonchev–Trinajstić information content (AvgIpc) is 2.38. The Kier molecular flexibility index (Phi) is 5.38. The molecule has 0 saturated heterocycles. The summed E-state index contributed by atoms with van der Waals surface area (Å²) < 4.78 is 4.93. The maximum Gasteiger partial charge on any atom is 0.310 e. The van der Waals surface area contributed by atoms with Crippen LogP contribution in [0, 0.1) is 11.3 Å². The van der Waals surface area contributed by atoms with E-state index in [2.05, 4.69) is 13.0 Å². The third-order valence-electron chi connectivity index (χ3n) is 2.98. The van der Waals surface area contributed by atoms with Gasteiger partial charge in [0.2, 0.25) is 0 Å². The standard InChI is InChI=1S/C15H19NO2/c1-4-11-7-8-12(9-15(17)18-6-3)14(10-16)13(11)5-2/h7-8H,4-6,9H2,1-3H3. The van der Waals surface area contributed by atoms with E-state index in [0.29, 0.717) is 12.2 Å². The minimum Gasteiger partial charge on any atom is -0.466 e. The minimum atomic E-state index is -0.277. The summed E-state index contributed by atoms with van der Waals surface area (Å²) in [6, 6.07) is 6.11. The fourth-order valence-electron chi connectivity index (χ4n) is 2.13. The van der Waals surface area contributed by atoms with Crippen LogP contribution < -0.4 is 0 Å². The number of carbonyl (C=O) groups is 1. The molecule has 0 atom stereocenters. The van der Waals surface area contributed by atoms with Gasteiger partial charge >= 0.3 is 5.97 Å². The Balaban J connectivity index is 3.14. The molecule has 0 heterocycles. The van der Waals surface area contributed by atoms with Crippen LogP contribution in [0.4, 0.5) is 0 Å². The van der Waals surface area contributed by atoms with Crippen molar-refractivity contribution in [1.29, 1.82) is 5.26 Å². The molecule has 0 radical (unpaired) electrons. The maximum atomic E-state index is 11.5. The molecule has 0 aliphatic carbocycles. The highest BCUT2D eigenvalue weighted by Crippen LogP contribution is 2.21. The summed E-state index contributed by atoms with van der Waals surface area (Å²) in [7, 11) is 0. The van der Waals surface area contributed by atoms with Gasteiger partial charge in [-0.15, -0.1) is 0 Å². The molecule has 0 bridgehead atoms. The molecule has 0 aromatic heterocycles. The Morgan fingerprint density at radius 3 is 2.39 bits per heavy atom. The zero-order valence-electron chi connectivity index (χ0n) is 11.2. The molecule has 0 N–H and O–H groups in total. The second-order valence-corrected chi connectivity index (χ2v) is 4.04. The molecule has 18 heavy (non-hydrogen) atoms. The Morgan fingerprint density at radius 2 is 1.89 bits per heavy atom. The lowest BCUT2D eigenvalue weighted by Gasteiger charge is -2.12. The number of nitriles is 1. The highest BCUT2D eigenvalue weighted by atomic mass is 16.5. The second kappa shape index (κ2) is 6.80. The summed E-state index contributed by atoms with van der Waals surface area (Å²) in [5.41, 5.74) is 3.65. The van der Waals surface area contributed by atoms with E-state index in [9.17, 15) is 10.1 Å². The lowest BCUT2D eigenvalue weighted by molar-refractivity contribution is -0.142. The zero-order valence-corrected chi connectivity index (χ0v) is 11.2. The van der Waals surface area contributed by atoms with Crippen LogP contribution in [0.15, 0.2) is 12.1 Å². The molecule has 0 aliphatic heterocycles. The summed E-state index contributed by atoms with van der Waals surface area (Å²) in [6.45, 7) is 6.25. The highest BCUT2D eigenvalue weighted by Gasteiger charge is 2.14. The van der Waals surface area contributed by atoms with Crippen LogP contribution >= 0.6 is 0 Å². The van der Waals surface area contributed by atoms with Crippen molar-refractivity contribution in [2.45, 2.75) is 40.0 Å². The van der Waals surface area contributed by atoms with E-state index in [1.807, 2.05) is 19.1 Å². The quantitative estimate of drug-likeness (QED) is 0.749. The van der Waals surface area contributed by atoms with Gasteiger partial charge in [0.25, 0.3) is 0 Å². The first-order valence-corrected chi connectivity index (χ1v) is 6.37. The first-order chi connectivity index (χ1) is 8.67. The van der Waals surface area contributed by atoms with Gasteiger partial charge in [-0.1, -0.05) is 26.0 Å². The van der Waals surface area contributed by atoms with Crippen molar-refractivity contribution in [3.8, 4) is 6.07 Å². The number of hydrogen-bond acceptors (Lipinski definition) is 3. The van der Waals surface area contributed by atoms with E-state index in [1.54, 1.807) is 6.92 Å². The van der Waals surface area contributed by atoms with Crippen molar-refractivity contribution in [1.82, 2.24) is 0 Å². The van der Waals surface area contributed by atoms with E-state index in [1.165, 1.54) is 5.56 Å². The Morgan fingerprint density at radius 1 is 1.22 bits per heavy atom. The van der Waals surface area contributed by atoms with Crippen LogP contribution in [0.3, 0.4) is 0 Å². The number of esters is 1. The van der Waals surface area contributed by atoms with Crippen molar-refractivity contribution < 1.29 is 9.53 Å². The Labute approximate surface area is 108 Å². The third-order valence-corrected chi connectivity index (χ3v) is 2.98. The number of aryl methyl sites for hydroxylation is 1. The van der Waals surface area contributed by atoms with Gasteiger partial charge in [0, 0.05) is 0 Å². The molecule has 1 aromatic carbocycles. The van der Waals surface area contributed by atoms with Crippen LogP contribution in [0.2, 0.25) is 0 Å². The van der Waals surface area contributed by atoms with Gasteiger partial charge in [-0.2, -0.15) is 5.26 Å². The van der Waals surface area contributed by atoms with E-state index in [0.717, 1.165) is 24.0 Å². The maximum absolute atomic E-state index is 11.5. The smallest absolute Gasteiger partial charge is 0.310 e.